The zero-order valence-corrected chi connectivity index (χ0v) is 35.0. The predicted octanol–water partition coefficient (Wildman–Crippen LogP) is 8.01. The summed E-state index contributed by atoms with van der Waals surface area (Å²) in [6.45, 7) is 28.3. The average Bonchev–Trinajstić information content (AvgIpc) is 3.73. The Morgan fingerprint density at radius 2 is 1.68 bits per heavy atom. The van der Waals surface area contributed by atoms with E-state index >= 15 is 0 Å². The van der Waals surface area contributed by atoms with Crippen LogP contribution in [0.25, 0.3) is 10.4 Å². The number of hydrogen-bond acceptors (Lipinski definition) is 8. The number of likely N-dealkylation sites (tertiary alicyclic amines) is 1. The molecule has 1 fully saturated rings. The number of carbonyl (C=O) groups is 2. The van der Waals surface area contributed by atoms with E-state index in [1.807, 2.05) is 38.4 Å². The Labute approximate surface area is 304 Å². The van der Waals surface area contributed by atoms with E-state index in [4.69, 9.17) is 13.4 Å². The molecular weight excluding hydrogens is 685 g/mol. The third-order valence-corrected chi connectivity index (χ3v) is 21.0. The van der Waals surface area contributed by atoms with Gasteiger partial charge in [0.25, 0.3) is 5.56 Å². The highest BCUT2D eigenvalue weighted by atomic mass is 32.1. The highest BCUT2D eigenvalue weighted by molar-refractivity contribution is 7.13. The minimum absolute atomic E-state index is 0.0167. The third kappa shape index (κ3) is 8.95. The Hall–Kier alpha value is -2.85. The molecule has 2 N–H and O–H groups in total. The zero-order valence-electron chi connectivity index (χ0n) is 32.2. The molecule has 1 aliphatic rings. The van der Waals surface area contributed by atoms with Crippen molar-refractivity contribution in [2.45, 2.75) is 129 Å². The van der Waals surface area contributed by atoms with E-state index in [1.165, 1.54) is 6.07 Å². The Morgan fingerprint density at radius 3 is 2.18 bits per heavy atom. The molecule has 0 saturated carbocycles. The molecule has 1 aliphatic heterocycles. The minimum Gasteiger partial charge on any atom is -0.414 e. The molecule has 2 aromatic heterocycles. The van der Waals surface area contributed by atoms with Crippen LogP contribution in [0.4, 0.5) is 0 Å². The first kappa shape index (κ1) is 39.9. The van der Waals surface area contributed by atoms with Crippen molar-refractivity contribution in [2.75, 3.05) is 13.2 Å². The van der Waals surface area contributed by atoms with Crippen molar-refractivity contribution < 1.29 is 23.0 Å². The molecule has 1 aromatic carbocycles. The van der Waals surface area contributed by atoms with Gasteiger partial charge in [0.15, 0.2) is 22.4 Å². The first-order valence-electron chi connectivity index (χ1n) is 17.6. The second-order valence-electron chi connectivity index (χ2n) is 17.1. The largest absolute Gasteiger partial charge is 0.414 e. The van der Waals surface area contributed by atoms with Gasteiger partial charge < -0.3 is 23.6 Å². The molecule has 0 radical (unpaired) electrons. The highest BCUT2D eigenvalue weighted by Crippen LogP contribution is 2.40. The summed E-state index contributed by atoms with van der Waals surface area (Å²) in [5.74, 6) is -1.18. The van der Waals surface area contributed by atoms with Crippen LogP contribution in [0.5, 0.6) is 0 Å². The summed E-state index contributed by atoms with van der Waals surface area (Å²) in [6.07, 6.45) is 0.0521. The fourth-order valence-corrected chi connectivity index (χ4v) is 8.96. The van der Waals surface area contributed by atoms with Crippen LogP contribution in [0, 0.1) is 12.8 Å². The fraction of sp³-hybridized carbons (Fsp3) is 0.622. The van der Waals surface area contributed by atoms with E-state index in [2.05, 4.69) is 95.3 Å². The monoisotopic (exact) mass is 742 g/mol. The smallest absolute Gasteiger partial charge is 0.280 e. The maximum Gasteiger partial charge on any atom is 0.280 e. The molecule has 50 heavy (non-hydrogen) atoms. The van der Waals surface area contributed by atoms with Crippen molar-refractivity contribution in [3.63, 3.8) is 0 Å². The van der Waals surface area contributed by atoms with Crippen molar-refractivity contribution in [2.24, 2.45) is 5.92 Å². The SMILES string of the molecule is Cc1ncsc1-c1ccc([C@H](CO[Si](C)(C)C(C)(C)C)NC(=O)[C@H]2C[C@@H](O[Si](C)(C)C(C)(C)C)CN2C(=O)C(c2cc(=O)[nH]o2)C(C)C)cc1. The summed E-state index contributed by atoms with van der Waals surface area (Å²) in [4.78, 5) is 48.1. The van der Waals surface area contributed by atoms with Gasteiger partial charge in [0, 0.05) is 19.0 Å². The second-order valence-corrected chi connectivity index (χ2v) is 27.5. The number of nitrogens with one attached hydrogen (secondary N) is 2. The number of aryl methyl sites for hydroxylation is 1. The highest BCUT2D eigenvalue weighted by Gasteiger charge is 2.48. The van der Waals surface area contributed by atoms with Gasteiger partial charge >= 0.3 is 0 Å². The summed E-state index contributed by atoms with van der Waals surface area (Å²) in [5, 5.41) is 5.56. The maximum atomic E-state index is 14.5. The number of carbonyl (C=O) groups excluding carboxylic acids is 2. The van der Waals surface area contributed by atoms with Crippen molar-refractivity contribution >= 4 is 39.8 Å². The molecule has 13 heteroatoms. The second kappa shape index (κ2) is 15.0. The summed E-state index contributed by atoms with van der Waals surface area (Å²) >= 11 is 1.60. The number of amides is 2. The van der Waals surface area contributed by atoms with Gasteiger partial charge in [0.05, 0.1) is 34.8 Å². The van der Waals surface area contributed by atoms with E-state index < -0.39 is 40.2 Å². The van der Waals surface area contributed by atoms with Crippen molar-refractivity contribution in [3.8, 4) is 10.4 Å². The molecule has 276 valence electrons. The Kier molecular flexibility index (Phi) is 12.0. The van der Waals surface area contributed by atoms with E-state index in [1.54, 1.807) is 16.2 Å². The average molecular weight is 743 g/mol. The molecule has 10 nitrogen and oxygen atoms in total. The standard InChI is InChI=1S/C37H58N4O6SSi2/c1-23(2)32(30-19-31(42)40-46-30)35(44)41-20-27(47-50(12,13)37(7,8)9)18-29(41)34(43)39-28(21-45-49(10,11)36(4,5)6)25-14-16-26(17-15-25)33-24(3)38-22-48-33/h14-17,19,22-23,27-29,32H,18,20-21H2,1-13H3,(H,39,43)(H,40,42)/t27-,28+,29-,32?/m1/s1. The third-order valence-electron chi connectivity index (χ3n) is 11.0. The van der Waals surface area contributed by atoms with Gasteiger partial charge in [-0.15, -0.1) is 11.3 Å². The lowest BCUT2D eigenvalue weighted by Crippen LogP contribution is -2.50. The molecule has 3 heterocycles. The quantitative estimate of drug-likeness (QED) is 0.180. The van der Waals surface area contributed by atoms with E-state index in [0.717, 1.165) is 21.7 Å². The molecule has 4 atom stereocenters. The van der Waals surface area contributed by atoms with Crippen molar-refractivity contribution in [3.05, 3.63) is 63.2 Å². The molecule has 1 unspecified atom stereocenters. The van der Waals surface area contributed by atoms with Crippen LogP contribution in [-0.4, -0.2) is 68.8 Å². The van der Waals surface area contributed by atoms with Crippen molar-refractivity contribution in [1.29, 1.82) is 0 Å². The molecule has 3 aromatic rings. The summed E-state index contributed by atoms with van der Waals surface area (Å²) in [6, 6.07) is 8.30. The van der Waals surface area contributed by atoms with Crippen LogP contribution >= 0.6 is 11.3 Å². The van der Waals surface area contributed by atoms with Crippen LogP contribution in [-0.2, 0) is 18.4 Å². The number of rotatable bonds is 12. The minimum atomic E-state index is -2.23. The Morgan fingerprint density at radius 1 is 1.06 bits per heavy atom. The van der Waals surface area contributed by atoms with Crippen molar-refractivity contribution in [1.82, 2.24) is 20.4 Å². The van der Waals surface area contributed by atoms with Gasteiger partial charge in [-0.1, -0.05) is 79.7 Å². The van der Waals surface area contributed by atoms with Crippen LogP contribution in [0.3, 0.4) is 0 Å². The molecule has 0 bridgehead atoms. The Bertz CT molecular complexity index is 1680. The zero-order chi connectivity index (χ0) is 37.4. The van der Waals surface area contributed by atoms with Crippen LogP contribution in [0.1, 0.15) is 90.8 Å². The number of aromatic amines is 1. The molecule has 2 amide bonds. The molecule has 0 spiro atoms. The number of aromatic nitrogens is 2. The van der Waals surface area contributed by atoms with Crippen LogP contribution in [0.2, 0.25) is 36.3 Å². The lowest BCUT2D eigenvalue weighted by Gasteiger charge is -2.38. The Balaban J connectivity index is 1.68. The molecule has 0 aliphatic carbocycles. The predicted molar refractivity (Wildman–Crippen MR) is 205 cm³/mol. The van der Waals surface area contributed by atoms with Gasteiger partial charge in [0.1, 0.15) is 12.0 Å². The van der Waals surface area contributed by atoms with Gasteiger partial charge in [0.2, 0.25) is 11.8 Å². The van der Waals surface area contributed by atoms with E-state index in [9.17, 15) is 14.4 Å². The number of hydrogen-bond donors (Lipinski definition) is 2. The molecule has 4 rings (SSSR count). The fourth-order valence-electron chi connectivity index (χ4n) is 5.78. The van der Waals surface area contributed by atoms with Gasteiger partial charge in [-0.2, -0.15) is 5.16 Å². The first-order chi connectivity index (χ1) is 23.0. The van der Waals surface area contributed by atoms with Gasteiger partial charge in [-0.05, 0) is 60.2 Å². The summed E-state index contributed by atoms with van der Waals surface area (Å²) in [7, 11) is -4.40. The molecule has 1 saturated heterocycles. The number of nitrogens with zero attached hydrogens (tertiary/aromatic N) is 2. The normalized spacial score (nSPS) is 18.8. The lowest BCUT2D eigenvalue weighted by atomic mass is 9.91. The molecular formula is C37H58N4O6SSi2. The van der Waals surface area contributed by atoms with Crippen LogP contribution in [0.15, 0.2) is 45.2 Å². The number of H-pyrrole nitrogens is 1. The van der Waals surface area contributed by atoms with Gasteiger partial charge in [-0.3, -0.25) is 14.4 Å². The van der Waals surface area contributed by atoms with E-state index in [0.29, 0.717) is 13.0 Å². The van der Waals surface area contributed by atoms with E-state index in [-0.39, 0.29) is 46.2 Å². The lowest BCUT2D eigenvalue weighted by molar-refractivity contribution is -0.141. The number of benzene rings is 1. The van der Waals surface area contributed by atoms with Crippen LogP contribution < -0.4 is 10.9 Å². The maximum absolute atomic E-state index is 14.5. The summed E-state index contributed by atoms with van der Waals surface area (Å²) < 4.78 is 19.0. The summed E-state index contributed by atoms with van der Waals surface area (Å²) in [5.41, 5.74) is 4.40. The number of thiazole rings is 1. The van der Waals surface area contributed by atoms with Gasteiger partial charge in [-0.25, -0.2) is 4.98 Å². The first-order valence-corrected chi connectivity index (χ1v) is 24.3. The topological polar surface area (TPSA) is 127 Å².